The van der Waals surface area contributed by atoms with E-state index in [2.05, 4.69) is 9.97 Å². The van der Waals surface area contributed by atoms with Gasteiger partial charge in [0.2, 0.25) is 0 Å². The Kier molecular flexibility index (Phi) is 3.41. The van der Waals surface area contributed by atoms with E-state index in [4.69, 9.17) is 5.73 Å². The number of hydrogen-bond acceptors (Lipinski definition) is 5. The molecule has 1 aromatic rings. The first-order chi connectivity index (χ1) is 6.79. The van der Waals surface area contributed by atoms with Crippen LogP contribution in [0.15, 0.2) is 6.20 Å². The van der Waals surface area contributed by atoms with Crippen molar-refractivity contribution >= 4 is 9.84 Å². The first-order valence-corrected chi connectivity index (χ1v) is 6.61. The predicted molar refractivity (Wildman–Crippen MR) is 57.9 cm³/mol. The summed E-state index contributed by atoms with van der Waals surface area (Å²) in [5, 5.41) is 0. The van der Waals surface area contributed by atoms with E-state index in [9.17, 15) is 8.42 Å². The summed E-state index contributed by atoms with van der Waals surface area (Å²) in [7, 11) is -3.08. The van der Waals surface area contributed by atoms with Gasteiger partial charge >= 0.3 is 0 Å². The summed E-state index contributed by atoms with van der Waals surface area (Å²) in [5.41, 5.74) is 7.27. The van der Waals surface area contributed by atoms with Crippen molar-refractivity contribution in [3.63, 3.8) is 0 Å². The van der Waals surface area contributed by atoms with Crippen LogP contribution < -0.4 is 5.73 Å². The molecule has 0 aromatic carbocycles. The molecule has 0 saturated heterocycles. The molecule has 2 N–H and O–H groups in total. The van der Waals surface area contributed by atoms with Gasteiger partial charge in [-0.1, -0.05) is 0 Å². The number of nitrogens with two attached hydrogens (primary N) is 1. The topological polar surface area (TPSA) is 85.9 Å². The third-order valence-electron chi connectivity index (χ3n) is 1.95. The van der Waals surface area contributed by atoms with Crippen molar-refractivity contribution < 1.29 is 8.42 Å². The van der Waals surface area contributed by atoms with Crippen molar-refractivity contribution in [2.24, 2.45) is 5.73 Å². The maximum Gasteiger partial charge on any atom is 0.154 e. The first kappa shape index (κ1) is 12.1. The van der Waals surface area contributed by atoms with Crippen LogP contribution in [0.4, 0.5) is 0 Å². The molecular weight excluding hydrogens is 214 g/mol. The maximum atomic E-state index is 11.0. The zero-order chi connectivity index (χ0) is 11.6. The molecular formula is C9H15N3O2S. The van der Waals surface area contributed by atoms with Gasteiger partial charge in [0.25, 0.3) is 0 Å². The normalized spacial score (nSPS) is 13.9. The third-order valence-corrected chi connectivity index (χ3v) is 2.73. The summed E-state index contributed by atoms with van der Waals surface area (Å²) in [4.78, 5) is 8.09. The highest BCUT2D eigenvalue weighted by Gasteiger charge is 2.10. The second-order valence-corrected chi connectivity index (χ2v) is 5.83. The van der Waals surface area contributed by atoms with E-state index in [0.717, 1.165) is 17.5 Å². The Labute approximate surface area is 89.7 Å². The van der Waals surface area contributed by atoms with Crippen LogP contribution >= 0.6 is 0 Å². The van der Waals surface area contributed by atoms with Gasteiger partial charge in [0.1, 0.15) is 11.6 Å². The minimum absolute atomic E-state index is 0.132. The maximum absolute atomic E-state index is 11.0. The van der Waals surface area contributed by atoms with Crippen molar-refractivity contribution in [3.05, 3.63) is 23.3 Å². The molecule has 1 atom stereocenters. The fourth-order valence-corrected chi connectivity index (χ4v) is 1.88. The van der Waals surface area contributed by atoms with Gasteiger partial charge < -0.3 is 5.73 Å². The fourth-order valence-electron chi connectivity index (χ4n) is 1.28. The minimum atomic E-state index is -3.08. The smallest absolute Gasteiger partial charge is 0.154 e. The predicted octanol–water partition coefficient (Wildman–Crippen LogP) is 0.349. The van der Waals surface area contributed by atoms with Gasteiger partial charge in [-0.15, -0.1) is 0 Å². The lowest BCUT2D eigenvalue weighted by molar-refractivity contribution is 0.599. The van der Waals surface area contributed by atoms with E-state index in [0.29, 0.717) is 5.82 Å². The number of aryl methyl sites for hydroxylation is 1. The van der Waals surface area contributed by atoms with Crippen LogP contribution in [0.2, 0.25) is 0 Å². The van der Waals surface area contributed by atoms with Crippen LogP contribution in [0.25, 0.3) is 0 Å². The first-order valence-electron chi connectivity index (χ1n) is 4.55. The average Bonchev–Trinajstić information content (AvgIpc) is 1.99. The molecule has 6 heteroatoms. The molecule has 1 rings (SSSR count). The number of sulfone groups is 1. The van der Waals surface area contributed by atoms with E-state index >= 15 is 0 Å². The van der Waals surface area contributed by atoms with Crippen molar-refractivity contribution in [2.45, 2.75) is 25.6 Å². The zero-order valence-corrected chi connectivity index (χ0v) is 9.87. The lowest BCUT2D eigenvalue weighted by Crippen LogP contribution is -2.12. The van der Waals surface area contributed by atoms with Gasteiger partial charge in [0, 0.05) is 29.8 Å². The van der Waals surface area contributed by atoms with Gasteiger partial charge in [0.15, 0.2) is 9.84 Å². The van der Waals surface area contributed by atoms with Gasteiger partial charge in [-0.3, -0.25) is 0 Å². The lowest BCUT2D eigenvalue weighted by atomic mass is 10.1. The quantitative estimate of drug-likeness (QED) is 0.808. The van der Waals surface area contributed by atoms with Crippen LogP contribution in [0, 0.1) is 6.92 Å². The lowest BCUT2D eigenvalue weighted by Gasteiger charge is -2.09. The van der Waals surface area contributed by atoms with Crippen LogP contribution in [-0.4, -0.2) is 24.6 Å². The van der Waals surface area contributed by atoms with Crippen molar-refractivity contribution in [1.29, 1.82) is 0 Å². The fraction of sp³-hybridized carbons (Fsp3) is 0.556. The highest BCUT2D eigenvalue weighted by atomic mass is 32.2. The summed E-state index contributed by atoms with van der Waals surface area (Å²) in [6.07, 6.45) is 2.75. The number of aromatic nitrogens is 2. The van der Waals surface area contributed by atoms with Crippen LogP contribution in [0.3, 0.4) is 0 Å². The standard InChI is InChI=1S/C9H15N3O2S/c1-6(10)8-4-11-9(12-7(8)2)5-15(3,13)14/h4,6H,5,10H2,1-3H3/t6-/m1/s1. The largest absolute Gasteiger partial charge is 0.324 e. The molecule has 0 aliphatic heterocycles. The molecule has 0 bridgehead atoms. The Morgan fingerprint density at radius 2 is 2.13 bits per heavy atom. The monoisotopic (exact) mass is 229 g/mol. The van der Waals surface area contributed by atoms with E-state index in [1.165, 1.54) is 0 Å². The molecule has 0 amide bonds. The SMILES string of the molecule is Cc1nc(CS(C)(=O)=O)ncc1[C@@H](C)N. The van der Waals surface area contributed by atoms with E-state index < -0.39 is 9.84 Å². The number of nitrogens with zero attached hydrogens (tertiary/aromatic N) is 2. The summed E-state index contributed by atoms with van der Waals surface area (Å²) >= 11 is 0. The Hall–Kier alpha value is -1.01. The second kappa shape index (κ2) is 4.24. The highest BCUT2D eigenvalue weighted by Crippen LogP contribution is 2.12. The van der Waals surface area contributed by atoms with Crippen molar-refractivity contribution in [2.75, 3.05) is 6.26 Å². The molecule has 5 nitrogen and oxygen atoms in total. The number of rotatable bonds is 3. The Bertz CT molecular complexity index is 454. The van der Waals surface area contributed by atoms with Crippen LogP contribution in [0.1, 0.15) is 30.0 Å². The van der Waals surface area contributed by atoms with Gasteiger partial charge in [-0.25, -0.2) is 18.4 Å². The second-order valence-electron chi connectivity index (χ2n) is 3.69. The third kappa shape index (κ3) is 3.56. The number of hydrogen-bond donors (Lipinski definition) is 1. The molecule has 0 fully saturated rings. The van der Waals surface area contributed by atoms with Crippen LogP contribution in [-0.2, 0) is 15.6 Å². The molecule has 0 unspecified atom stereocenters. The molecule has 0 saturated carbocycles. The summed E-state index contributed by atoms with van der Waals surface area (Å²) in [5.74, 6) is 0.187. The highest BCUT2D eigenvalue weighted by molar-refractivity contribution is 7.89. The zero-order valence-electron chi connectivity index (χ0n) is 9.06. The molecule has 84 valence electrons. The van der Waals surface area contributed by atoms with Gasteiger partial charge in [-0.2, -0.15) is 0 Å². The summed E-state index contributed by atoms with van der Waals surface area (Å²) in [6, 6.07) is -0.141. The Morgan fingerprint density at radius 1 is 1.53 bits per heavy atom. The van der Waals surface area contributed by atoms with Gasteiger partial charge in [0.05, 0.1) is 0 Å². The summed E-state index contributed by atoms with van der Waals surface area (Å²) in [6.45, 7) is 3.63. The Morgan fingerprint density at radius 3 is 2.53 bits per heavy atom. The molecule has 0 aliphatic carbocycles. The Balaban J connectivity index is 3.02. The molecule has 0 aliphatic rings. The van der Waals surface area contributed by atoms with E-state index in [-0.39, 0.29) is 11.8 Å². The van der Waals surface area contributed by atoms with Crippen molar-refractivity contribution in [1.82, 2.24) is 9.97 Å². The average molecular weight is 229 g/mol. The molecule has 1 aromatic heterocycles. The van der Waals surface area contributed by atoms with Crippen molar-refractivity contribution in [3.8, 4) is 0 Å². The molecule has 0 radical (unpaired) electrons. The van der Waals surface area contributed by atoms with Crippen LogP contribution in [0.5, 0.6) is 0 Å². The van der Waals surface area contributed by atoms with Gasteiger partial charge in [-0.05, 0) is 13.8 Å². The van der Waals surface area contributed by atoms with E-state index in [1.54, 1.807) is 13.1 Å². The summed E-state index contributed by atoms with van der Waals surface area (Å²) < 4.78 is 22.1. The van der Waals surface area contributed by atoms with E-state index in [1.807, 2.05) is 6.92 Å². The molecule has 1 heterocycles. The molecule has 15 heavy (non-hydrogen) atoms. The molecule has 0 spiro atoms. The minimum Gasteiger partial charge on any atom is -0.324 e.